The SMILES string of the molecule is CCC(CC)C(=O)N1CCCC2(CC(C(=O)NCc3ccncc3)=NO2)C1. The van der Waals surface area contributed by atoms with E-state index in [9.17, 15) is 9.59 Å². The van der Waals surface area contributed by atoms with E-state index in [0.29, 0.717) is 25.2 Å². The van der Waals surface area contributed by atoms with Gasteiger partial charge in [-0.15, -0.1) is 0 Å². The molecule has 1 atom stereocenters. The van der Waals surface area contributed by atoms with E-state index in [0.717, 1.165) is 37.8 Å². The van der Waals surface area contributed by atoms with Gasteiger partial charge in [0.2, 0.25) is 5.91 Å². The van der Waals surface area contributed by atoms with Gasteiger partial charge in [0.1, 0.15) is 5.71 Å². The van der Waals surface area contributed by atoms with Crippen LogP contribution in [0.2, 0.25) is 0 Å². The fraction of sp³-hybridized carbons (Fsp3) is 0.600. The Morgan fingerprint density at radius 2 is 2.04 bits per heavy atom. The van der Waals surface area contributed by atoms with E-state index in [1.54, 1.807) is 12.4 Å². The molecular formula is C20H28N4O3. The van der Waals surface area contributed by atoms with Gasteiger partial charge in [-0.05, 0) is 43.4 Å². The first-order valence-electron chi connectivity index (χ1n) is 9.78. The minimum Gasteiger partial charge on any atom is -0.386 e. The number of hydrogen-bond acceptors (Lipinski definition) is 5. The van der Waals surface area contributed by atoms with Crippen LogP contribution in [0, 0.1) is 5.92 Å². The normalized spacial score (nSPS) is 21.9. The topological polar surface area (TPSA) is 83.9 Å². The van der Waals surface area contributed by atoms with Crippen LogP contribution in [0.5, 0.6) is 0 Å². The molecule has 2 aliphatic heterocycles. The highest BCUT2D eigenvalue weighted by Gasteiger charge is 2.46. The summed E-state index contributed by atoms with van der Waals surface area (Å²) in [6, 6.07) is 3.72. The van der Waals surface area contributed by atoms with Crippen molar-refractivity contribution in [2.75, 3.05) is 13.1 Å². The standard InChI is InChI=1S/C20H28N4O3/c1-3-16(4-2)19(26)24-11-5-8-20(14-24)12-17(23-27-20)18(25)22-13-15-6-9-21-10-7-15/h6-7,9-10,16H,3-5,8,11-14H2,1-2H3,(H,22,25). The Morgan fingerprint density at radius 1 is 1.30 bits per heavy atom. The predicted octanol–water partition coefficient (Wildman–Crippen LogP) is 2.27. The third-order valence-corrected chi connectivity index (χ3v) is 5.49. The molecule has 3 heterocycles. The summed E-state index contributed by atoms with van der Waals surface area (Å²) in [7, 11) is 0. The van der Waals surface area contributed by atoms with Gasteiger partial charge in [0.15, 0.2) is 5.60 Å². The van der Waals surface area contributed by atoms with Gasteiger partial charge >= 0.3 is 0 Å². The summed E-state index contributed by atoms with van der Waals surface area (Å²) < 4.78 is 0. The van der Waals surface area contributed by atoms with E-state index in [2.05, 4.69) is 15.5 Å². The van der Waals surface area contributed by atoms with E-state index in [1.165, 1.54) is 0 Å². The van der Waals surface area contributed by atoms with Crippen LogP contribution in [0.3, 0.4) is 0 Å². The van der Waals surface area contributed by atoms with Gasteiger partial charge in [0.05, 0.1) is 6.54 Å². The molecule has 7 heteroatoms. The van der Waals surface area contributed by atoms with E-state index in [1.807, 2.05) is 30.9 Å². The van der Waals surface area contributed by atoms with Crippen molar-refractivity contribution in [3.05, 3.63) is 30.1 Å². The molecule has 3 rings (SSSR count). The first-order valence-corrected chi connectivity index (χ1v) is 9.78. The third kappa shape index (κ3) is 4.46. The molecule has 0 bridgehead atoms. The highest BCUT2D eigenvalue weighted by Crippen LogP contribution is 2.34. The second-order valence-corrected chi connectivity index (χ2v) is 7.40. The Kier molecular flexibility index (Phi) is 6.08. The lowest BCUT2D eigenvalue weighted by Crippen LogP contribution is -2.52. The molecule has 7 nitrogen and oxygen atoms in total. The number of carbonyl (C=O) groups is 2. The van der Waals surface area contributed by atoms with Crippen LogP contribution in [0.4, 0.5) is 0 Å². The maximum absolute atomic E-state index is 12.7. The van der Waals surface area contributed by atoms with Crippen LogP contribution in [-0.4, -0.2) is 46.1 Å². The van der Waals surface area contributed by atoms with Crippen molar-refractivity contribution in [3.63, 3.8) is 0 Å². The van der Waals surface area contributed by atoms with Crippen molar-refractivity contribution < 1.29 is 14.4 Å². The van der Waals surface area contributed by atoms with Crippen LogP contribution in [0.25, 0.3) is 0 Å². The van der Waals surface area contributed by atoms with Crippen molar-refractivity contribution in [1.29, 1.82) is 0 Å². The zero-order valence-electron chi connectivity index (χ0n) is 16.1. The number of nitrogens with zero attached hydrogens (tertiary/aromatic N) is 3. The molecule has 1 saturated heterocycles. The smallest absolute Gasteiger partial charge is 0.269 e. The fourth-order valence-electron chi connectivity index (χ4n) is 3.83. The van der Waals surface area contributed by atoms with Crippen LogP contribution in [-0.2, 0) is 21.0 Å². The quantitative estimate of drug-likeness (QED) is 0.830. The number of rotatable bonds is 6. The van der Waals surface area contributed by atoms with Gasteiger partial charge in [-0.25, -0.2) is 0 Å². The maximum atomic E-state index is 12.7. The van der Waals surface area contributed by atoms with Crippen LogP contribution in [0.1, 0.15) is 51.5 Å². The fourth-order valence-corrected chi connectivity index (χ4v) is 3.83. The van der Waals surface area contributed by atoms with Gasteiger partial charge in [-0.1, -0.05) is 19.0 Å². The molecule has 0 aromatic carbocycles. The van der Waals surface area contributed by atoms with Gasteiger partial charge < -0.3 is 15.1 Å². The van der Waals surface area contributed by atoms with Crippen LogP contribution in [0.15, 0.2) is 29.7 Å². The molecule has 2 amide bonds. The lowest BCUT2D eigenvalue weighted by atomic mass is 9.87. The van der Waals surface area contributed by atoms with Crippen molar-refractivity contribution in [1.82, 2.24) is 15.2 Å². The Labute approximate surface area is 160 Å². The minimum absolute atomic E-state index is 0.0607. The van der Waals surface area contributed by atoms with Crippen molar-refractivity contribution in [3.8, 4) is 0 Å². The number of aromatic nitrogens is 1. The lowest BCUT2D eigenvalue weighted by Gasteiger charge is -2.39. The molecule has 27 heavy (non-hydrogen) atoms. The number of piperidine rings is 1. The lowest BCUT2D eigenvalue weighted by molar-refractivity contribution is -0.145. The summed E-state index contributed by atoms with van der Waals surface area (Å²) in [6.07, 6.45) is 7.21. The Morgan fingerprint density at radius 3 is 2.74 bits per heavy atom. The zero-order valence-corrected chi connectivity index (χ0v) is 16.1. The maximum Gasteiger partial charge on any atom is 0.269 e. The molecule has 0 radical (unpaired) electrons. The second-order valence-electron chi connectivity index (χ2n) is 7.40. The Hall–Kier alpha value is -2.44. The summed E-state index contributed by atoms with van der Waals surface area (Å²) in [6.45, 7) is 5.78. The Bertz CT molecular complexity index is 702. The van der Waals surface area contributed by atoms with Gasteiger partial charge in [0.25, 0.3) is 5.91 Å². The molecule has 1 N–H and O–H groups in total. The molecular weight excluding hydrogens is 344 g/mol. The van der Waals surface area contributed by atoms with E-state index >= 15 is 0 Å². The molecule has 1 spiro atoms. The summed E-state index contributed by atoms with van der Waals surface area (Å²) in [5.41, 5.74) is 0.830. The minimum atomic E-state index is -0.552. The number of nitrogens with one attached hydrogen (secondary N) is 1. The number of carbonyl (C=O) groups excluding carboxylic acids is 2. The molecule has 1 fully saturated rings. The predicted molar refractivity (Wildman–Crippen MR) is 102 cm³/mol. The number of likely N-dealkylation sites (tertiary alicyclic amines) is 1. The number of pyridine rings is 1. The molecule has 0 aliphatic carbocycles. The van der Waals surface area contributed by atoms with E-state index < -0.39 is 5.60 Å². The summed E-state index contributed by atoms with van der Waals surface area (Å²) in [5, 5.41) is 6.93. The first kappa shape index (κ1) is 19.3. The monoisotopic (exact) mass is 372 g/mol. The van der Waals surface area contributed by atoms with Crippen molar-refractivity contribution in [2.24, 2.45) is 11.1 Å². The summed E-state index contributed by atoms with van der Waals surface area (Å²) in [5.74, 6) is 0.0380. The van der Waals surface area contributed by atoms with Gasteiger partial charge in [0, 0.05) is 37.8 Å². The summed E-state index contributed by atoms with van der Waals surface area (Å²) in [4.78, 5) is 36.7. The molecule has 2 aliphatic rings. The second kappa shape index (κ2) is 8.50. The largest absolute Gasteiger partial charge is 0.386 e. The molecule has 1 aromatic heterocycles. The summed E-state index contributed by atoms with van der Waals surface area (Å²) >= 11 is 0. The van der Waals surface area contributed by atoms with E-state index in [-0.39, 0.29) is 17.7 Å². The van der Waals surface area contributed by atoms with Crippen molar-refractivity contribution in [2.45, 2.75) is 58.1 Å². The Balaban J connectivity index is 1.56. The molecule has 1 unspecified atom stereocenters. The molecule has 146 valence electrons. The zero-order chi connectivity index (χ0) is 19.3. The van der Waals surface area contributed by atoms with Gasteiger partial charge in [-0.3, -0.25) is 14.6 Å². The van der Waals surface area contributed by atoms with Crippen molar-refractivity contribution >= 4 is 17.5 Å². The van der Waals surface area contributed by atoms with E-state index in [4.69, 9.17) is 4.84 Å². The highest BCUT2D eigenvalue weighted by atomic mass is 16.7. The highest BCUT2D eigenvalue weighted by molar-refractivity contribution is 6.39. The third-order valence-electron chi connectivity index (χ3n) is 5.49. The van der Waals surface area contributed by atoms with Crippen LogP contribution >= 0.6 is 0 Å². The van der Waals surface area contributed by atoms with Gasteiger partial charge in [-0.2, -0.15) is 0 Å². The average molecular weight is 372 g/mol. The molecule has 0 saturated carbocycles. The number of hydrogen-bond donors (Lipinski definition) is 1. The number of oxime groups is 1. The average Bonchev–Trinajstić information content (AvgIpc) is 3.11. The number of amides is 2. The first-order chi connectivity index (χ1) is 13.1. The molecule has 1 aromatic rings. The van der Waals surface area contributed by atoms with Crippen LogP contribution < -0.4 is 5.32 Å².